The van der Waals surface area contributed by atoms with Crippen LogP contribution >= 0.6 is 0 Å². The molecule has 33 heavy (non-hydrogen) atoms. The maximum Gasteiger partial charge on any atom is 0.416 e. The van der Waals surface area contributed by atoms with Crippen LogP contribution in [0.2, 0.25) is 0 Å². The molecule has 2 N–H and O–H groups in total. The van der Waals surface area contributed by atoms with Crippen molar-refractivity contribution in [1.82, 2.24) is 19.9 Å². The zero-order chi connectivity index (χ0) is 23.2. The lowest BCUT2D eigenvalue weighted by Crippen LogP contribution is -2.15. The molecule has 0 aliphatic rings. The minimum atomic E-state index is -4.55. The van der Waals surface area contributed by atoms with E-state index in [1.807, 2.05) is 31.2 Å². The molecule has 0 bridgehead atoms. The van der Waals surface area contributed by atoms with Crippen molar-refractivity contribution in [2.75, 3.05) is 5.32 Å². The van der Waals surface area contributed by atoms with E-state index in [1.54, 1.807) is 18.3 Å². The highest BCUT2D eigenvalue weighted by Crippen LogP contribution is 2.32. The number of fused-ring (bicyclic) bond motifs is 3. The maximum absolute atomic E-state index is 13.0. The second-order valence-electron chi connectivity index (χ2n) is 7.58. The standard InChI is InChI=1S/C24H16F3N5O/c1-13-2-4-16(31-23(33)21-9-15(6-7-29-21)24(25,26)27)10-18(13)14-3-5-17-19-11-28-12-30-22(19)32-20(17)8-14/h2-12H,1H3,(H,31,33)(H,28,30,32). The highest BCUT2D eigenvalue weighted by molar-refractivity contribution is 6.07. The zero-order valence-electron chi connectivity index (χ0n) is 17.2. The highest BCUT2D eigenvalue weighted by atomic mass is 19.4. The summed E-state index contributed by atoms with van der Waals surface area (Å²) >= 11 is 0. The summed E-state index contributed by atoms with van der Waals surface area (Å²) in [4.78, 5) is 27.9. The molecule has 0 saturated carbocycles. The Kier molecular flexibility index (Phi) is 4.81. The molecule has 0 spiro atoms. The fourth-order valence-corrected chi connectivity index (χ4v) is 3.74. The van der Waals surface area contributed by atoms with E-state index >= 15 is 0 Å². The van der Waals surface area contributed by atoms with Gasteiger partial charge < -0.3 is 10.3 Å². The first-order chi connectivity index (χ1) is 15.8. The van der Waals surface area contributed by atoms with Crippen LogP contribution in [0.5, 0.6) is 0 Å². The Morgan fingerprint density at radius 3 is 2.67 bits per heavy atom. The van der Waals surface area contributed by atoms with Gasteiger partial charge in [-0.2, -0.15) is 13.2 Å². The number of halogens is 3. The Balaban J connectivity index is 1.47. The van der Waals surface area contributed by atoms with Gasteiger partial charge in [0.2, 0.25) is 0 Å². The van der Waals surface area contributed by atoms with Crippen LogP contribution in [0.15, 0.2) is 67.3 Å². The molecule has 5 aromatic rings. The molecule has 164 valence electrons. The van der Waals surface area contributed by atoms with E-state index < -0.39 is 17.6 Å². The van der Waals surface area contributed by atoms with Crippen molar-refractivity contribution in [2.24, 2.45) is 0 Å². The van der Waals surface area contributed by atoms with Crippen LogP contribution in [0.4, 0.5) is 18.9 Å². The van der Waals surface area contributed by atoms with Gasteiger partial charge in [-0.25, -0.2) is 9.97 Å². The van der Waals surface area contributed by atoms with Crippen molar-refractivity contribution in [3.63, 3.8) is 0 Å². The topological polar surface area (TPSA) is 83.6 Å². The van der Waals surface area contributed by atoms with Gasteiger partial charge in [0.25, 0.3) is 5.91 Å². The molecule has 6 nitrogen and oxygen atoms in total. The van der Waals surface area contributed by atoms with Gasteiger partial charge in [0.05, 0.1) is 5.56 Å². The molecule has 0 fully saturated rings. The number of anilines is 1. The van der Waals surface area contributed by atoms with Crippen LogP contribution in [0.25, 0.3) is 33.1 Å². The predicted molar refractivity (Wildman–Crippen MR) is 119 cm³/mol. The number of alkyl halides is 3. The van der Waals surface area contributed by atoms with E-state index in [9.17, 15) is 18.0 Å². The van der Waals surface area contributed by atoms with Crippen LogP contribution in [0.1, 0.15) is 21.6 Å². The Labute approximate surface area is 185 Å². The third kappa shape index (κ3) is 3.89. The smallest absolute Gasteiger partial charge is 0.339 e. The first kappa shape index (κ1) is 20.6. The predicted octanol–water partition coefficient (Wildman–Crippen LogP) is 5.75. The number of aromatic nitrogens is 4. The molecule has 0 aliphatic heterocycles. The van der Waals surface area contributed by atoms with Gasteiger partial charge in [0.15, 0.2) is 0 Å². The van der Waals surface area contributed by atoms with Gasteiger partial charge in [-0.15, -0.1) is 0 Å². The molecule has 0 atom stereocenters. The lowest BCUT2D eigenvalue weighted by molar-refractivity contribution is -0.137. The van der Waals surface area contributed by atoms with Gasteiger partial charge >= 0.3 is 6.18 Å². The molecular weight excluding hydrogens is 431 g/mol. The minimum Gasteiger partial charge on any atom is -0.339 e. The van der Waals surface area contributed by atoms with Crippen molar-refractivity contribution in [1.29, 1.82) is 0 Å². The van der Waals surface area contributed by atoms with Crippen molar-refractivity contribution in [3.05, 3.63) is 84.1 Å². The van der Waals surface area contributed by atoms with Gasteiger partial charge in [-0.05, 0) is 53.9 Å². The largest absolute Gasteiger partial charge is 0.416 e. The summed E-state index contributed by atoms with van der Waals surface area (Å²) < 4.78 is 38.9. The lowest BCUT2D eigenvalue weighted by Gasteiger charge is -2.12. The normalized spacial score (nSPS) is 11.8. The molecule has 3 aromatic heterocycles. The summed E-state index contributed by atoms with van der Waals surface area (Å²) in [6.45, 7) is 1.94. The number of H-pyrrole nitrogens is 1. The number of hydrogen-bond donors (Lipinski definition) is 2. The fraction of sp³-hybridized carbons (Fsp3) is 0.0833. The number of carbonyl (C=O) groups is 1. The molecular formula is C24H16F3N5O. The number of hydrogen-bond acceptors (Lipinski definition) is 4. The quantitative estimate of drug-likeness (QED) is 0.369. The number of nitrogens with zero attached hydrogens (tertiary/aromatic N) is 3. The number of rotatable bonds is 3. The van der Waals surface area contributed by atoms with Crippen LogP contribution < -0.4 is 5.32 Å². The van der Waals surface area contributed by atoms with Crippen LogP contribution in [-0.2, 0) is 6.18 Å². The number of aromatic amines is 1. The maximum atomic E-state index is 13.0. The van der Waals surface area contributed by atoms with Gasteiger partial charge in [-0.1, -0.05) is 18.2 Å². The molecule has 5 rings (SSSR count). The second kappa shape index (κ2) is 7.70. The highest BCUT2D eigenvalue weighted by Gasteiger charge is 2.31. The lowest BCUT2D eigenvalue weighted by atomic mass is 9.98. The van der Waals surface area contributed by atoms with E-state index in [2.05, 4.69) is 25.3 Å². The average molecular weight is 447 g/mol. The minimum absolute atomic E-state index is 0.312. The monoisotopic (exact) mass is 447 g/mol. The molecule has 0 radical (unpaired) electrons. The number of carbonyl (C=O) groups excluding carboxylic acids is 1. The summed E-state index contributed by atoms with van der Waals surface area (Å²) in [6.07, 6.45) is -0.349. The summed E-state index contributed by atoms with van der Waals surface area (Å²) in [7, 11) is 0. The average Bonchev–Trinajstić information content (AvgIpc) is 3.17. The zero-order valence-corrected chi connectivity index (χ0v) is 17.2. The number of aryl methyl sites for hydroxylation is 1. The fourth-order valence-electron chi connectivity index (χ4n) is 3.74. The first-order valence-electron chi connectivity index (χ1n) is 9.97. The number of benzene rings is 2. The van der Waals surface area contributed by atoms with Crippen molar-refractivity contribution < 1.29 is 18.0 Å². The summed E-state index contributed by atoms with van der Waals surface area (Å²) in [5.74, 6) is -0.722. The van der Waals surface area contributed by atoms with E-state index in [0.717, 1.165) is 57.0 Å². The SMILES string of the molecule is Cc1ccc(NC(=O)c2cc(C(F)(F)F)ccn2)cc1-c1ccc2c(c1)[nH]c1ncncc12. The third-order valence-electron chi connectivity index (χ3n) is 5.40. The Hall–Kier alpha value is -4.27. The first-order valence-corrected chi connectivity index (χ1v) is 9.97. The van der Waals surface area contributed by atoms with E-state index in [1.165, 1.54) is 6.33 Å². The molecule has 3 heterocycles. The van der Waals surface area contributed by atoms with E-state index in [4.69, 9.17) is 0 Å². The second-order valence-corrected chi connectivity index (χ2v) is 7.58. The molecule has 1 amide bonds. The Morgan fingerprint density at radius 2 is 1.85 bits per heavy atom. The van der Waals surface area contributed by atoms with Crippen molar-refractivity contribution in [3.8, 4) is 11.1 Å². The van der Waals surface area contributed by atoms with Crippen LogP contribution in [0, 0.1) is 6.92 Å². The van der Waals surface area contributed by atoms with Crippen molar-refractivity contribution in [2.45, 2.75) is 13.1 Å². The van der Waals surface area contributed by atoms with Crippen LogP contribution in [-0.4, -0.2) is 25.8 Å². The van der Waals surface area contributed by atoms with E-state index in [0.29, 0.717) is 5.69 Å². The summed E-state index contributed by atoms with van der Waals surface area (Å²) in [5, 5.41) is 4.55. The molecule has 2 aromatic carbocycles. The van der Waals surface area contributed by atoms with Gasteiger partial charge in [-0.3, -0.25) is 9.78 Å². The number of nitrogens with one attached hydrogen (secondary N) is 2. The molecule has 9 heteroatoms. The van der Waals surface area contributed by atoms with Gasteiger partial charge in [0.1, 0.15) is 17.7 Å². The third-order valence-corrected chi connectivity index (χ3v) is 5.40. The molecule has 0 saturated heterocycles. The Morgan fingerprint density at radius 1 is 1.00 bits per heavy atom. The number of pyridine rings is 1. The molecule has 0 aliphatic carbocycles. The summed E-state index contributed by atoms with van der Waals surface area (Å²) in [6, 6.07) is 12.8. The molecule has 0 unspecified atom stereocenters. The Bertz CT molecular complexity index is 1520. The van der Waals surface area contributed by atoms with E-state index in [-0.39, 0.29) is 5.69 Å². The van der Waals surface area contributed by atoms with Gasteiger partial charge in [0, 0.05) is 34.4 Å². The summed E-state index contributed by atoms with van der Waals surface area (Å²) in [5.41, 5.74) is 3.59. The number of amides is 1. The van der Waals surface area contributed by atoms with Crippen LogP contribution in [0.3, 0.4) is 0 Å². The van der Waals surface area contributed by atoms with Crippen molar-refractivity contribution >= 4 is 33.5 Å².